The third-order valence-corrected chi connectivity index (χ3v) is 2.95. The van der Waals surface area contributed by atoms with Crippen molar-refractivity contribution in [1.29, 1.82) is 0 Å². The quantitative estimate of drug-likeness (QED) is 0.720. The number of rotatable bonds is 6. The lowest BCUT2D eigenvalue weighted by Gasteiger charge is -2.10. The van der Waals surface area contributed by atoms with Crippen molar-refractivity contribution < 1.29 is 4.74 Å². The standard InChI is InChI=1S/C13H19NO/c1-13(7-8-13)11-14-9-10-15-12-5-3-2-4-6-12/h2-6,14H,7-11H2,1H3. The topological polar surface area (TPSA) is 21.3 Å². The SMILES string of the molecule is CC1(CNCCOc2ccccc2)CC1. The number of hydrogen-bond acceptors (Lipinski definition) is 2. The van der Waals surface area contributed by atoms with E-state index in [4.69, 9.17) is 4.74 Å². The van der Waals surface area contributed by atoms with Crippen molar-refractivity contribution in [3.05, 3.63) is 30.3 Å². The third-order valence-electron chi connectivity index (χ3n) is 2.95. The minimum absolute atomic E-state index is 0.590. The Labute approximate surface area is 91.6 Å². The molecule has 15 heavy (non-hydrogen) atoms. The Hall–Kier alpha value is -1.02. The van der Waals surface area contributed by atoms with Gasteiger partial charge in [-0.05, 0) is 30.4 Å². The van der Waals surface area contributed by atoms with Crippen molar-refractivity contribution in [2.75, 3.05) is 19.7 Å². The van der Waals surface area contributed by atoms with Gasteiger partial charge in [-0.2, -0.15) is 0 Å². The highest BCUT2D eigenvalue weighted by molar-refractivity contribution is 5.20. The molecule has 2 nitrogen and oxygen atoms in total. The number of para-hydroxylation sites is 1. The zero-order chi connectivity index (χ0) is 10.6. The molecule has 1 aliphatic rings. The number of hydrogen-bond donors (Lipinski definition) is 1. The fraction of sp³-hybridized carbons (Fsp3) is 0.538. The molecule has 0 spiro atoms. The normalized spacial score (nSPS) is 17.4. The zero-order valence-corrected chi connectivity index (χ0v) is 9.33. The van der Waals surface area contributed by atoms with Gasteiger partial charge in [0, 0.05) is 13.1 Å². The van der Waals surface area contributed by atoms with Crippen LogP contribution in [0.3, 0.4) is 0 Å². The van der Waals surface area contributed by atoms with Crippen LogP contribution in [0.2, 0.25) is 0 Å². The lowest BCUT2D eigenvalue weighted by Crippen LogP contribution is -2.26. The van der Waals surface area contributed by atoms with Gasteiger partial charge in [-0.25, -0.2) is 0 Å². The van der Waals surface area contributed by atoms with Gasteiger partial charge < -0.3 is 10.1 Å². The second-order valence-electron chi connectivity index (χ2n) is 4.65. The van der Waals surface area contributed by atoms with Crippen LogP contribution in [0.15, 0.2) is 30.3 Å². The smallest absolute Gasteiger partial charge is 0.119 e. The molecule has 0 saturated heterocycles. The second-order valence-corrected chi connectivity index (χ2v) is 4.65. The van der Waals surface area contributed by atoms with E-state index in [1.54, 1.807) is 0 Å². The molecule has 1 aliphatic carbocycles. The Balaban J connectivity index is 1.55. The van der Waals surface area contributed by atoms with Crippen LogP contribution in [0.1, 0.15) is 19.8 Å². The first kappa shape index (κ1) is 10.5. The molecular weight excluding hydrogens is 186 g/mol. The largest absolute Gasteiger partial charge is 0.492 e. The van der Waals surface area contributed by atoms with E-state index in [0.29, 0.717) is 5.41 Å². The minimum Gasteiger partial charge on any atom is -0.492 e. The van der Waals surface area contributed by atoms with Crippen LogP contribution < -0.4 is 10.1 Å². The molecule has 1 aromatic rings. The summed E-state index contributed by atoms with van der Waals surface area (Å²) in [6.07, 6.45) is 2.75. The fourth-order valence-electron chi connectivity index (χ4n) is 1.54. The fourth-order valence-corrected chi connectivity index (χ4v) is 1.54. The van der Waals surface area contributed by atoms with E-state index in [2.05, 4.69) is 12.2 Å². The lowest BCUT2D eigenvalue weighted by atomic mass is 10.1. The molecule has 0 bridgehead atoms. The monoisotopic (exact) mass is 205 g/mol. The maximum absolute atomic E-state index is 5.58. The van der Waals surface area contributed by atoms with Gasteiger partial charge in [0.15, 0.2) is 0 Å². The Morgan fingerprint density at radius 3 is 2.67 bits per heavy atom. The molecular formula is C13H19NO. The average molecular weight is 205 g/mol. The highest BCUT2D eigenvalue weighted by Gasteiger charge is 2.36. The molecule has 0 unspecified atom stereocenters. The first-order chi connectivity index (χ1) is 7.29. The summed E-state index contributed by atoms with van der Waals surface area (Å²) in [5.74, 6) is 0.955. The molecule has 0 aliphatic heterocycles. The van der Waals surface area contributed by atoms with Crippen molar-refractivity contribution in [3.8, 4) is 5.75 Å². The van der Waals surface area contributed by atoms with Gasteiger partial charge in [0.1, 0.15) is 12.4 Å². The predicted octanol–water partition coefficient (Wildman–Crippen LogP) is 2.46. The molecule has 0 atom stereocenters. The van der Waals surface area contributed by atoms with Gasteiger partial charge >= 0.3 is 0 Å². The minimum atomic E-state index is 0.590. The van der Waals surface area contributed by atoms with Crippen molar-refractivity contribution >= 4 is 0 Å². The first-order valence-corrected chi connectivity index (χ1v) is 5.67. The highest BCUT2D eigenvalue weighted by Crippen LogP contribution is 2.43. The molecule has 1 fully saturated rings. The Morgan fingerprint density at radius 1 is 1.27 bits per heavy atom. The van der Waals surface area contributed by atoms with Gasteiger partial charge in [0.2, 0.25) is 0 Å². The van der Waals surface area contributed by atoms with Crippen LogP contribution in [0.4, 0.5) is 0 Å². The van der Waals surface area contributed by atoms with E-state index < -0.39 is 0 Å². The third kappa shape index (κ3) is 3.56. The van der Waals surface area contributed by atoms with Crippen molar-refractivity contribution in [1.82, 2.24) is 5.32 Å². The van der Waals surface area contributed by atoms with E-state index in [9.17, 15) is 0 Å². The molecule has 1 N–H and O–H groups in total. The number of benzene rings is 1. The summed E-state index contributed by atoms with van der Waals surface area (Å²) in [4.78, 5) is 0. The maximum atomic E-state index is 5.58. The van der Waals surface area contributed by atoms with Gasteiger partial charge in [-0.1, -0.05) is 25.1 Å². The maximum Gasteiger partial charge on any atom is 0.119 e. The lowest BCUT2D eigenvalue weighted by molar-refractivity contribution is 0.308. The Kier molecular flexibility index (Phi) is 3.27. The first-order valence-electron chi connectivity index (χ1n) is 5.67. The van der Waals surface area contributed by atoms with E-state index in [-0.39, 0.29) is 0 Å². The second kappa shape index (κ2) is 4.67. The molecule has 1 aromatic carbocycles. The van der Waals surface area contributed by atoms with Gasteiger partial charge in [0.25, 0.3) is 0 Å². The summed E-state index contributed by atoms with van der Waals surface area (Å²) in [7, 11) is 0. The van der Waals surface area contributed by atoms with Crippen molar-refractivity contribution in [3.63, 3.8) is 0 Å². The van der Waals surface area contributed by atoms with Crippen molar-refractivity contribution in [2.45, 2.75) is 19.8 Å². The van der Waals surface area contributed by atoms with Gasteiger partial charge in [0.05, 0.1) is 0 Å². The summed E-state index contributed by atoms with van der Waals surface area (Å²) >= 11 is 0. The molecule has 0 amide bonds. The summed E-state index contributed by atoms with van der Waals surface area (Å²) in [5.41, 5.74) is 0.590. The molecule has 2 heteroatoms. The van der Waals surface area contributed by atoms with E-state index in [0.717, 1.165) is 25.4 Å². The molecule has 1 saturated carbocycles. The van der Waals surface area contributed by atoms with Crippen LogP contribution in [-0.4, -0.2) is 19.7 Å². The molecule has 0 heterocycles. The summed E-state index contributed by atoms with van der Waals surface area (Å²) in [6, 6.07) is 9.96. The summed E-state index contributed by atoms with van der Waals surface area (Å²) < 4.78 is 5.58. The predicted molar refractivity (Wildman–Crippen MR) is 62.1 cm³/mol. The van der Waals surface area contributed by atoms with Crippen LogP contribution in [0.5, 0.6) is 5.75 Å². The summed E-state index contributed by atoms with van der Waals surface area (Å²) in [6.45, 7) is 5.15. The van der Waals surface area contributed by atoms with E-state index >= 15 is 0 Å². The molecule has 2 rings (SSSR count). The van der Waals surface area contributed by atoms with E-state index in [1.165, 1.54) is 12.8 Å². The van der Waals surface area contributed by atoms with Gasteiger partial charge in [-0.3, -0.25) is 0 Å². The van der Waals surface area contributed by atoms with Crippen molar-refractivity contribution in [2.24, 2.45) is 5.41 Å². The zero-order valence-electron chi connectivity index (χ0n) is 9.33. The molecule has 0 radical (unpaired) electrons. The van der Waals surface area contributed by atoms with Crippen LogP contribution >= 0.6 is 0 Å². The molecule has 0 aromatic heterocycles. The Bertz CT molecular complexity index is 293. The number of ether oxygens (including phenoxy) is 1. The van der Waals surface area contributed by atoms with Crippen LogP contribution in [0.25, 0.3) is 0 Å². The number of nitrogens with one attached hydrogen (secondary N) is 1. The summed E-state index contributed by atoms with van der Waals surface area (Å²) in [5, 5.41) is 3.43. The van der Waals surface area contributed by atoms with Crippen LogP contribution in [0, 0.1) is 5.41 Å². The highest BCUT2D eigenvalue weighted by atomic mass is 16.5. The van der Waals surface area contributed by atoms with Gasteiger partial charge in [-0.15, -0.1) is 0 Å². The van der Waals surface area contributed by atoms with Crippen LogP contribution in [-0.2, 0) is 0 Å². The molecule has 82 valence electrons. The average Bonchev–Trinajstić information content (AvgIpc) is 2.98. The van der Waals surface area contributed by atoms with E-state index in [1.807, 2.05) is 30.3 Å². The Morgan fingerprint density at radius 2 is 2.00 bits per heavy atom.